The maximum absolute atomic E-state index is 13.7. The van der Waals surface area contributed by atoms with Crippen molar-refractivity contribution in [2.24, 2.45) is 5.92 Å². The second-order valence-corrected chi connectivity index (χ2v) is 3.89. The number of rotatable bonds is 4. The molecule has 1 aromatic carbocycles. The van der Waals surface area contributed by atoms with Crippen LogP contribution in [0.5, 0.6) is 0 Å². The second-order valence-electron chi connectivity index (χ2n) is 3.89. The molecule has 1 unspecified atom stereocenters. The van der Waals surface area contributed by atoms with Crippen LogP contribution in [-0.2, 0) is 0 Å². The molecule has 0 saturated heterocycles. The van der Waals surface area contributed by atoms with Gasteiger partial charge in [-0.25, -0.2) is 8.78 Å². The first kappa shape index (κ1) is 13.3. The molecule has 0 amide bonds. The highest BCUT2D eigenvalue weighted by atomic mass is 19.1. The van der Waals surface area contributed by atoms with Gasteiger partial charge in [-0.05, 0) is 25.0 Å². The molecule has 0 N–H and O–H groups in total. The minimum absolute atomic E-state index is 0.197. The molecule has 0 spiro atoms. The summed E-state index contributed by atoms with van der Waals surface area (Å²) in [5.41, 5.74) is -0.395. The average molecular weight is 237 g/mol. The zero-order valence-corrected chi connectivity index (χ0v) is 9.76. The Hall–Kier alpha value is -1.76. The highest BCUT2D eigenvalue weighted by molar-refractivity contribution is 6.00. The highest BCUT2D eigenvalue weighted by Crippen LogP contribution is 2.21. The van der Waals surface area contributed by atoms with E-state index in [2.05, 4.69) is 0 Å². The van der Waals surface area contributed by atoms with Crippen LogP contribution in [0.4, 0.5) is 8.78 Å². The fourth-order valence-electron chi connectivity index (χ4n) is 1.60. The molecular weight excluding hydrogens is 224 g/mol. The molecule has 0 saturated carbocycles. The van der Waals surface area contributed by atoms with Gasteiger partial charge in [0.05, 0.1) is 11.6 Å². The van der Waals surface area contributed by atoms with Gasteiger partial charge in [0, 0.05) is 0 Å². The molecule has 4 heteroatoms. The number of hydrogen-bond acceptors (Lipinski definition) is 2. The molecule has 1 rings (SSSR count). The molecule has 0 aliphatic heterocycles. The van der Waals surface area contributed by atoms with E-state index >= 15 is 0 Å². The van der Waals surface area contributed by atoms with Crippen LogP contribution in [0.25, 0.3) is 0 Å². The van der Waals surface area contributed by atoms with Crippen molar-refractivity contribution in [1.29, 1.82) is 5.26 Å². The predicted molar refractivity (Wildman–Crippen MR) is 59.4 cm³/mol. The van der Waals surface area contributed by atoms with Crippen molar-refractivity contribution in [3.63, 3.8) is 0 Å². The number of carbonyl (C=O) groups excluding carboxylic acids is 1. The third-order valence-electron chi connectivity index (χ3n) is 2.58. The van der Waals surface area contributed by atoms with Crippen molar-refractivity contribution in [3.8, 4) is 6.07 Å². The van der Waals surface area contributed by atoms with Gasteiger partial charge in [0.1, 0.15) is 17.6 Å². The van der Waals surface area contributed by atoms with Crippen LogP contribution in [0.1, 0.15) is 35.7 Å². The zero-order chi connectivity index (χ0) is 13.0. The first-order valence-corrected chi connectivity index (χ1v) is 5.41. The summed E-state index contributed by atoms with van der Waals surface area (Å²) in [4.78, 5) is 11.9. The molecule has 0 aromatic heterocycles. The third kappa shape index (κ3) is 2.68. The van der Waals surface area contributed by atoms with Gasteiger partial charge in [0.15, 0.2) is 5.78 Å². The van der Waals surface area contributed by atoms with Gasteiger partial charge in [-0.3, -0.25) is 4.79 Å². The molecular formula is C13H13F2NO. The highest BCUT2D eigenvalue weighted by Gasteiger charge is 2.25. The van der Waals surface area contributed by atoms with E-state index < -0.39 is 28.9 Å². The summed E-state index contributed by atoms with van der Waals surface area (Å²) < 4.78 is 27.1. The monoisotopic (exact) mass is 237 g/mol. The number of nitrogens with zero attached hydrogens (tertiary/aromatic N) is 1. The van der Waals surface area contributed by atoms with E-state index in [0.29, 0.717) is 12.8 Å². The lowest BCUT2D eigenvalue weighted by molar-refractivity contribution is 0.0935. The summed E-state index contributed by atoms with van der Waals surface area (Å²) in [6.45, 7) is 3.26. The van der Waals surface area contributed by atoms with E-state index in [1.165, 1.54) is 13.0 Å². The fraction of sp³-hybridized carbons (Fsp3) is 0.385. The van der Waals surface area contributed by atoms with Gasteiger partial charge in [0.2, 0.25) is 0 Å². The summed E-state index contributed by atoms with van der Waals surface area (Å²) in [6.07, 6.45) is 0.918. The number of benzene rings is 1. The average Bonchev–Trinajstić information content (AvgIpc) is 2.31. The lowest BCUT2D eigenvalue weighted by Crippen LogP contribution is -2.17. The molecule has 1 aromatic rings. The van der Waals surface area contributed by atoms with Crippen LogP contribution < -0.4 is 0 Å². The molecule has 2 nitrogen and oxygen atoms in total. The Labute approximate surface area is 98.9 Å². The largest absolute Gasteiger partial charge is 0.292 e. The molecule has 0 heterocycles. The minimum atomic E-state index is -0.981. The van der Waals surface area contributed by atoms with Crippen molar-refractivity contribution < 1.29 is 13.6 Å². The standard InChI is InChI=1S/C13H13F2NO/c1-3-4-9(7-16)13(17)11-10(14)6-5-8(2)12(11)15/h5-6,9H,3-4H2,1-2H3. The Balaban J connectivity index is 3.21. The molecule has 0 bridgehead atoms. The normalized spacial score (nSPS) is 11.9. The number of hydrogen-bond donors (Lipinski definition) is 0. The van der Waals surface area contributed by atoms with E-state index in [0.717, 1.165) is 6.07 Å². The molecule has 1 atom stereocenters. The SMILES string of the molecule is CCCC(C#N)C(=O)c1c(F)ccc(C)c1F. The Bertz CT molecular complexity index is 477. The molecule has 17 heavy (non-hydrogen) atoms. The summed E-state index contributed by atoms with van der Waals surface area (Å²) in [5.74, 6) is -3.53. The summed E-state index contributed by atoms with van der Waals surface area (Å²) in [6, 6.07) is 4.11. The number of carbonyl (C=O) groups is 1. The minimum Gasteiger partial charge on any atom is -0.292 e. The van der Waals surface area contributed by atoms with Crippen molar-refractivity contribution in [3.05, 3.63) is 34.9 Å². The van der Waals surface area contributed by atoms with Crippen LogP contribution in [0.2, 0.25) is 0 Å². The number of nitriles is 1. The van der Waals surface area contributed by atoms with Crippen LogP contribution in [-0.4, -0.2) is 5.78 Å². The number of halogens is 2. The molecule has 0 aliphatic rings. The van der Waals surface area contributed by atoms with Crippen LogP contribution in [0.3, 0.4) is 0 Å². The molecule has 90 valence electrons. The van der Waals surface area contributed by atoms with Gasteiger partial charge in [-0.2, -0.15) is 5.26 Å². The quantitative estimate of drug-likeness (QED) is 0.753. The van der Waals surface area contributed by atoms with Crippen molar-refractivity contribution in [2.45, 2.75) is 26.7 Å². The molecule has 0 fully saturated rings. The topological polar surface area (TPSA) is 40.9 Å². The van der Waals surface area contributed by atoms with Gasteiger partial charge in [0.25, 0.3) is 0 Å². The maximum Gasteiger partial charge on any atom is 0.185 e. The van der Waals surface area contributed by atoms with E-state index in [4.69, 9.17) is 5.26 Å². The lowest BCUT2D eigenvalue weighted by Gasteiger charge is -2.09. The summed E-state index contributed by atoms with van der Waals surface area (Å²) in [7, 11) is 0. The zero-order valence-electron chi connectivity index (χ0n) is 9.76. The van der Waals surface area contributed by atoms with Gasteiger partial charge in [-0.1, -0.05) is 19.4 Å². The lowest BCUT2D eigenvalue weighted by atomic mass is 9.93. The Morgan fingerprint density at radius 1 is 1.47 bits per heavy atom. The van der Waals surface area contributed by atoms with Crippen molar-refractivity contribution >= 4 is 5.78 Å². The summed E-state index contributed by atoms with van der Waals surface area (Å²) in [5, 5.41) is 8.82. The second kappa shape index (κ2) is 5.53. The fourth-order valence-corrected chi connectivity index (χ4v) is 1.60. The Kier molecular flexibility index (Phi) is 4.33. The van der Waals surface area contributed by atoms with Crippen molar-refractivity contribution in [2.75, 3.05) is 0 Å². The Morgan fingerprint density at radius 3 is 2.65 bits per heavy atom. The third-order valence-corrected chi connectivity index (χ3v) is 2.58. The van der Waals surface area contributed by atoms with E-state index in [9.17, 15) is 13.6 Å². The van der Waals surface area contributed by atoms with Crippen molar-refractivity contribution in [1.82, 2.24) is 0 Å². The van der Waals surface area contributed by atoms with E-state index in [-0.39, 0.29) is 5.56 Å². The number of ketones is 1. The van der Waals surface area contributed by atoms with E-state index in [1.54, 1.807) is 13.0 Å². The summed E-state index contributed by atoms with van der Waals surface area (Å²) >= 11 is 0. The van der Waals surface area contributed by atoms with Crippen LogP contribution >= 0.6 is 0 Å². The smallest absolute Gasteiger partial charge is 0.185 e. The first-order valence-electron chi connectivity index (χ1n) is 5.41. The maximum atomic E-state index is 13.7. The number of Topliss-reactive ketones (excluding diaryl/α,β-unsaturated/α-hetero) is 1. The first-order chi connectivity index (χ1) is 8.02. The van der Waals surface area contributed by atoms with Crippen LogP contribution in [0, 0.1) is 35.8 Å². The Morgan fingerprint density at radius 2 is 2.12 bits per heavy atom. The van der Waals surface area contributed by atoms with Gasteiger partial charge in [-0.15, -0.1) is 0 Å². The molecule has 0 aliphatic carbocycles. The predicted octanol–water partition coefficient (Wildman–Crippen LogP) is 3.40. The van der Waals surface area contributed by atoms with Gasteiger partial charge >= 0.3 is 0 Å². The van der Waals surface area contributed by atoms with Gasteiger partial charge < -0.3 is 0 Å². The van der Waals surface area contributed by atoms with Crippen LogP contribution in [0.15, 0.2) is 12.1 Å². The molecule has 0 radical (unpaired) electrons. The van der Waals surface area contributed by atoms with E-state index in [1.807, 2.05) is 0 Å². The number of aryl methyl sites for hydroxylation is 1.